The van der Waals surface area contributed by atoms with Crippen LogP contribution in [0.2, 0.25) is 0 Å². The Morgan fingerprint density at radius 1 is 1.06 bits per heavy atom. The molecule has 8 heteroatoms. The predicted octanol–water partition coefficient (Wildman–Crippen LogP) is 4.36. The van der Waals surface area contributed by atoms with Crippen molar-refractivity contribution in [1.29, 1.82) is 0 Å². The number of thioether (sulfide) groups is 1. The number of nitrogens with one attached hydrogen (secondary N) is 1. The summed E-state index contributed by atoms with van der Waals surface area (Å²) in [6.45, 7) is 4.25. The quantitative estimate of drug-likeness (QED) is 0.630. The lowest BCUT2D eigenvalue weighted by Crippen LogP contribution is -2.36. The fraction of sp³-hybridized carbons (Fsp3) is 0.292. The van der Waals surface area contributed by atoms with E-state index in [0.717, 1.165) is 35.3 Å². The van der Waals surface area contributed by atoms with Crippen LogP contribution in [0.15, 0.2) is 53.4 Å². The number of hydrogen-bond acceptors (Lipinski definition) is 6. The van der Waals surface area contributed by atoms with E-state index in [1.807, 2.05) is 31.2 Å². The fourth-order valence-corrected chi connectivity index (χ4v) is 4.53. The summed E-state index contributed by atoms with van der Waals surface area (Å²) in [5.74, 6) is -0.187. The van der Waals surface area contributed by atoms with Crippen LogP contribution in [0.25, 0.3) is 6.08 Å². The Morgan fingerprint density at radius 3 is 2.41 bits per heavy atom. The highest BCUT2D eigenvalue weighted by atomic mass is 32.2. The molecule has 0 saturated carbocycles. The maximum Gasteiger partial charge on any atom is 0.294 e. The molecule has 2 aliphatic rings. The molecule has 2 aliphatic heterocycles. The van der Waals surface area contributed by atoms with E-state index in [1.165, 1.54) is 18.5 Å². The van der Waals surface area contributed by atoms with Crippen LogP contribution in [-0.4, -0.2) is 48.2 Å². The maximum atomic E-state index is 12.7. The molecule has 0 aromatic heterocycles. The highest BCUT2D eigenvalue weighted by Crippen LogP contribution is 2.32. The van der Waals surface area contributed by atoms with Gasteiger partial charge in [-0.15, -0.1) is 0 Å². The highest BCUT2D eigenvalue weighted by molar-refractivity contribution is 8.18. The first kappa shape index (κ1) is 22.0. The Morgan fingerprint density at radius 2 is 1.75 bits per heavy atom. The lowest BCUT2D eigenvalue weighted by atomic mass is 10.2. The highest BCUT2D eigenvalue weighted by Gasteiger charge is 2.36. The van der Waals surface area contributed by atoms with Crippen molar-refractivity contribution in [2.45, 2.75) is 19.8 Å². The van der Waals surface area contributed by atoms with Gasteiger partial charge in [-0.2, -0.15) is 0 Å². The second-order valence-corrected chi connectivity index (χ2v) is 8.55. The van der Waals surface area contributed by atoms with Gasteiger partial charge in [0.15, 0.2) is 0 Å². The zero-order valence-electron chi connectivity index (χ0n) is 17.9. The number of ether oxygens (including phenoxy) is 1. The molecule has 7 nitrogen and oxygen atoms in total. The summed E-state index contributed by atoms with van der Waals surface area (Å²) in [5.41, 5.74) is 2.58. The average molecular weight is 452 g/mol. The molecule has 32 heavy (non-hydrogen) atoms. The maximum absolute atomic E-state index is 12.7. The monoisotopic (exact) mass is 451 g/mol. The van der Waals surface area contributed by atoms with Crippen LogP contribution in [0, 0.1) is 0 Å². The van der Waals surface area contributed by atoms with E-state index in [0.29, 0.717) is 22.9 Å². The second kappa shape index (κ2) is 9.91. The van der Waals surface area contributed by atoms with Crippen molar-refractivity contribution in [3.8, 4) is 5.75 Å². The van der Waals surface area contributed by atoms with Gasteiger partial charge in [-0.25, -0.2) is 0 Å². The fourth-order valence-electron chi connectivity index (χ4n) is 3.69. The summed E-state index contributed by atoms with van der Waals surface area (Å²) >= 11 is 0.853. The summed E-state index contributed by atoms with van der Waals surface area (Å²) in [6.07, 6.45) is 4.12. The van der Waals surface area contributed by atoms with Gasteiger partial charge in [0.1, 0.15) is 12.3 Å². The van der Waals surface area contributed by atoms with Crippen LogP contribution in [0.4, 0.5) is 16.2 Å². The summed E-state index contributed by atoms with van der Waals surface area (Å²) in [7, 11) is 0. The topological polar surface area (TPSA) is 79.0 Å². The first-order chi connectivity index (χ1) is 15.5. The van der Waals surface area contributed by atoms with E-state index in [-0.39, 0.29) is 6.54 Å². The van der Waals surface area contributed by atoms with Crippen LogP contribution < -0.4 is 15.0 Å². The van der Waals surface area contributed by atoms with Crippen LogP contribution in [0.3, 0.4) is 0 Å². The van der Waals surface area contributed by atoms with E-state index in [4.69, 9.17) is 4.74 Å². The van der Waals surface area contributed by atoms with E-state index < -0.39 is 17.1 Å². The summed E-state index contributed by atoms with van der Waals surface area (Å²) in [4.78, 5) is 41.1. The number of carbonyl (C=O) groups excluding carboxylic acids is 3. The number of imide groups is 1. The molecule has 0 bridgehead atoms. The van der Waals surface area contributed by atoms with Gasteiger partial charge in [-0.3, -0.25) is 19.3 Å². The number of carbonyl (C=O) groups is 3. The largest absolute Gasteiger partial charge is 0.494 e. The standard InChI is InChI=1S/C24H25N3O4S/c1-2-31-20-11-7-18(8-12-20)25-22(28)16-27-23(29)21(32-24(27)30)15-17-5-9-19(10-6-17)26-13-3-4-14-26/h5-12,15H,2-4,13-14,16H2,1H3,(H,25,28)/b21-15-. The smallest absolute Gasteiger partial charge is 0.294 e. The Bertz CT molecular complexity index is 1030. The van der Waals surface area contributed by atoms with Crippen molar-refractivity contribution in [1.82, 2.24) is 4.90 Å². The first-order valence-corrected chi connectivity index (χ1v) is 11.5. The van der Waals surface area contributed by atoms with E-state index in [2.05, 4.69) is 10.2 Å². The molecular formula is C24H25N3O4S. The molecule has 1 N–H and O–H groups in total. The van der Waals surface area contributed by atoms with Gasteiger partial charge in [0, 0.05) is 24.5 Å². The zero-order chi connectivity index (χ0) is 22.5. The Hall–Kier alpha value is -3.26. The molecule has 3 amide bonds. The molecule has 2 aromatic rings. The second-order valence-electron chi connectivity index (χ2n) is 7.56. The number of amides is 3. The third-order valence-electron chi connectivity index (χ3n) is 5.29. The first-order valence-electron chi connectivity index (χ1n) is 10.7. The van der Waals surface area contributed by atoms with Crippen LogP contribution >= 0.6 is 11.8 Å². The van der Waals surface area contributed by atoms with E-state index in [9.17, 15) is 14.4 Å². The lowest BCUT2D eigenvalue weighted by Gasteiger charge is -2.17. The van der Waals surface area contributed by atoms with E-state index in [1.54, 1.807) is 30.3 Å². The SMILES string of the molecule is CCOc1ccc(NC(=O)CN2C(=O)S/C(=C\c3ccc(N4CCCC4)cc3)C2=O)cc1. The molecule has 0 spiro atoms. The van der Waals surface area contributed by atoms with Gasteiger partial charge in [0.2, 0.25) is 5.91 Å². The van der Waals surface area contributed by atoms with Gasteiger partial charge >= 0.3 is 0 Å². The van der Waals surface area contributed by atoms with Crippen molar-refractivity contribution in [2.75, 3.05) is 36.5 Å². The predicted molar refractivity (Wildman–Crippen MR) is 127 cm³/mol. The normalized spacial score (nSPS) is 17.3. The van der Waals surface area contributed by atoms with Gasteiger partial charge in [0.05, 0.1) is 11.5 Å². The lowest BCUT2D eigenvalue weighted by molar-refractivity contribution is -0.127. The summed E-state index contributed by atoms with van der Waals surface area (Å²) in [6, 6.07) is 14.9. The average Bonchev–Trinajstić information content (AvgIpc) is 3.41. The minimum absolute atomic E-state index is 0.317. The molecule has 0 atom stereocenters. The minimum atomic E-state index is -0.453. The van der Waals surface area contributed by atoms with Gasteiger partial charge < -0.3 is 15.0 Å². The Balaban J connectivity index is 1.37. The third-order valence-corrected chi connectivity index (χ3v) is 6.19. The van der Waals surface area contributed by atoms with Gasteiger partial charge in [-0.05, 0) is 79.6 Å². The van der Waals surface area contributed by atoms with E-state index >= 15 is 0 Å². The van der Waals surface area contributed by atoms with Gasteiger partial charge in [-0.1, -0.05) is 12.1 Å². The minimum Gasteiger partial charge on any atom is -0.494 e. The van der Waals surface area contributed by atoms with Crippen LogP contribution in [0.5, 0.6) is 5.75 Å². The summed E-state index contributed by atoms with van der Waals surface area (Å²) < 4.78 is 5.37. The van der Waals surface area contributed by atoms with Crippen molar-refractivity contribution >= 4 is 46.3 Å². The Labute approximate surface area is 191 Å². The molecule has 2 fully saturated rings. The summed E-state index contributed by atoms with van der Waals surface area (Å²) in [5, 5.41) is 2.26. The molecule has 2 aromatic carbocycles. The molecule has 2 heterocycles. The Kier molecular flexibility index (Phi) is 6.80. The molecule has 166 valence electrons. The molecule has 4 rings (SSSR count). The zero-order valence-corrected chi connectivity index (χ0v) is 18.7. The molecule has 0 radical (unpaired) electrons. The number of benzene rings is 2. The molecule has 0 aliphatic carbocycles. The van der Waals surface area contributed by atoms with Crippen molar-refractivity contribution in [2.24, 2.45) is 0 Å². The van der Waals surface area contributed by atoms with Crippen LogP contribution in [-0.2, 0) is 9.59 Å². The van der Waals surface area contributed by atoms with Crippen molar-refractivity contribution in [3.63, 3.8) is 0 Å². The van der Waals surface area contributed by atoms with Crippen molar-refractivity contribution in [3.05, 3.63) is 59.0 Å². The number of anilines is 2. The number of nitrogens with zero attached hydrogens (tertiary/aromatic N) is 2. The van der Waals surface area contributed by atoms with Gasteiger partial charge in [0.25, 0.3) is 11.1 Å². The molecule has 0 unspecified atom stereocenters. The third kappa shape index (κ3) is 5.13. The van der Waals surface area contributed by atoms with Crippen molar-refractivity contribution < 1.29 is 19.1 Å². The van der Waals surface area contributed by atoms with Crippen LogP contribution in [0.1, 0.15) is 25.3 Å². The molecular weight excluding hydrogens is 426 g/mol. The number of rotatable bonds is 7. The molecule has 2 saturated heterocycles. The number of hydrogen-bond donors (Lipinski definition) is 1.